The highest BCUT2D eigenvalue weighted by Crippen LogP contribution is 2.34. The number of carbonyl (C=O) groups is 2. The molecule has 1 aromatic heterocycles. The van der Waals surface area contributed by atoms with Gasteiger partial charge in [0.25, 0.3) is 0 Å². The van der Waals surface area contributed by atoms with Crippen LogP contribution in [-0.2, 0) is 12.1 Å². The van der Waals surface area contributed by atoms with Crippen LogP contribution in [0.25, 0.3) is 0 Å². The Morgan fingerprint density at radius 3 is 2.12 bits per heavy atom. The molecule has 5 N–H and O–H groups in total. The second-order valence-corrected chi connectivity index (χ2v) is 5.09. The molecule has 0 aliphatic heterocycles. The van der Waals surface area contributed by atoms with Gasteiger partial charge in [-0.2, -0.15) is 8.78 Å². The van der Waals surface area contributed by atoms with E-state index in [0.717, 1.165) is 12.1 Å². The zero-order valence-corrected chi connectivity index (χ0v) is 12.5. The lowest BCUT2D eigenvalue weighted by Gasteiger charge is -2.23. The number of carboxylic acids is 1. The fraction of sp³-hybridized carbons (Fsp3) is 0.133. The van der Waals surface area contributed by atoms with Crippen LogP contribution in [0.2, 0.25) is 0 Å². The van der Waals surface area contributed by atoms with Crippen molar-refractivity contribution in [1.82, 2.24) is 4.98 Å². The lowest BCUT2D eigenvalue weighted by molar-refractivity contribution is -0.290. The van der Waals surface area contributed by atoms with Crippen LogP contribution in [0.1, 0.15) is 37.5 Å². The van der Waals surface area contributed by atoms with Crippen LogP contribution < -0.4 is 0 Å². The Balaban J connectivity index is 2.78. The van der Waals surface area contributed by atoms with Crippen molar-refractivity contribution < 1.29 is 48.3 Å². The summed E-state index contributed by atoms with van der Waals surface area (Å²) in [5.41, 5.74) is -5.91. The van der Waals surface area contributed by atoms with Crippen molar-refractivity contribution in [3.8, 4) is 0 Å². The SMILES string of the molecule is O=C(O)c1cc(F)cnc1C(=O)c1cccc(C(O)(O)F)c1C(O)(O)F. The first-order valence-corrected chi connectivity index (χ1v) is 6.69. The first-order valence-electron chi connectivity index (χ1n) is 6.69. The van der Waals surface area contributed by atoms with Crippen LogP contribution in [0.15, 0.2) is 30.5 Å². The number of rotatable bonds is 5. The van der Waals surface area contributed by atoms with Gasteiger partial charge in [0.15, 0.2) is 0 Å². The number of carboxylic acid groups (broad SMARTS) is 1. The summed E-state index contributed by atoms with van der Waals surface area (Å²) >= 11 is 0. The van der Waals surface area contributed by atoms with Gasteiger partial charge in [-0.1, -0.05) is 18.2 Å². The summed E-state index contributed by atoms with van der Waals surface area (Å²) < 4.78 is 40.4. The van der Waals surface area contributed by atoms with Gasteiger partial charge >= 0.3 is 18.1 Å². The van der Waals surface area contributed by atoms with Gasteiger partial charge in [0.1, 0.15) is 11.5 Å². The standard InChI is InChI=1S/C15H10F3NO7/c16-6-4-8(13(21)22)11(19-5-6)12(20)7-2-1-3-9(14(17,23)24)10(7)15(18,25)26/h1-5,23-26H,(H,21,22). The lowest BCUT2D eigenvalue weighted by atomic mass is 9.93. The first-order chi connectivity index (χ1) is 11.8. The molecule has 26 heavy (non-hydrogen) atoms. The molecule has 1 heterocycles. The predicted octanol–water partition coefficient (Wildman–Crippen LogP) is 0.279. The van der Waals surface area contributed by atoms with Crippen molar-refractivity contribution >= 4 is 11.8 Å². The number of hydrogen-bond acceptors (Lipinski definition) is 7. The van der Waals surface area contributed by atoms with E-state index in [9.17, 15) is 33.0 Å². The Hall–Kier alpha value is -2.86. The average Bonchev–Trinajstić information content (AvgIpc) is 2.51. The molecule has 2 aromatic rings. The smallest absolute Gasteiger partial charge is 0.345 e. The summed E-state index contributed by atoms with van der Waals surface area (Å²) in [6.45, 7) is 0. The largest absolute Gasteiger partial charge is 0.478 e. The summed E-state index contributed by atoms with van der Waals surface area (Å²) in [4.78, 5) is 26.9. The van der Waals surface area contributed by atoms with E-state index in [1.165, 1.54) is 0 Å². The molecule has 0 radical (unpaired) electrons. The lowest BCUT2D eigenvalue weighted by Crippen LogP contribution is -2.30. The number of aliphatic hydroxyl groups is 4. The number of ketones is 1. The number of alkyl halides is 2. The van der Waals surface area contributed by atoms with Crippen molar-refractivity contribution in [3.05, 3.63) is 64.2 Å². The molecule has 0 bridgehead atoms. The Morgan fingerprint density at radius 1 is 1.00 bits per heavy atom. The van der Waals surface area contributed by atoms with Gasteiger partial charge in [0.05, 0.1) is 22.9 Å². The number of nitrogens with zero attached hydrogens (tertiary/aromatic N) is 1. The molecule has 0 spiro atoms. The molecule has 138 valence electrons. The molecule has 11 heteroatoms. The van der Waals surface area contributed by atoms with Crippen molar-refractivity contribution in [2.45, 2.75) is 12.1 Å². The minimum absolute atomic E-state index is 0.435. The van der Waals surface area contributed by atoms with E-state index in [0.29, 0.717) is 18.3 Å². The third-order valence-electron chi connectivity index (χ3n) is 3.27. The summed E-state index contributed by atoms with van der Waals surface area (Å²) in [5.74, 6) is -4.35. The quantitative estimate of drug-likeness (QED) is 0.371. The van der Waals surface area contributed by atoms with Gasteiger partial charge in [-0.15, -0.1) is 0 Å². The Bertz CT molecular complexity index is 888. The minimum atomic E-state index is -4.41. The van der Waals surface area contributed by atoms with Crippen LogP contribution >= 0.6 is 0 Å². The number of hydrogen-bond donors (Lipinski definition) is 5. The zero-order chi connectivity index (χ0) is 19.9. The van der Waals surface area contributed by atoms with E-state index in [1.807, 2.05) is 0 Å². The number of halogens is 3. The summed E-state index contributed by atoms with van der Waals surface area (Å²) in [5, 5.41) is 45.4. The zero-order valence-electron chi connectivity index (χ0n) is 12.5. The molecule has 2 rings (SSSR count). The van der Waals surface area contributed by atoms with Gasteiger partial charge in [-0.3, -0.25) is 4.79 Å². The molecule has 1 aromatic carbocycles. The number of carbonyl (C=O) groups excluding carboxylic acids is 1. The molecule has 0 atom stereocenters. The summed E-state index contributed by atoms with van der Waals surface area (Å²) in [6, 6.07) is -6.13. The number of benzene rings is 1. The highest BCUT2D eigenvalue weighted by molar-refractivity contribution is 6.13. The minimum Gasteiger partial charge on any atom is -0.478 e. The maximum atomic E-state index is 13.7. The van der Waals surface area contributed by atoms with Gasteiger partial charge in [0.2, 0.25) is 5.78 Å². The fourth-order valence-electron chi connectivity index (χ4n) is 2.26. The average molecular weight is 373 g/mol. The van der Waals surface area contributed by atoms with E-state index in [2.05, 4.69) is 4.98 Å². The van der Waals surface area contributed by atoms with Gasteiger partial charge in [-0.25, -0.2) is 14.2 Å². The van der Waals surface area contributed by atoms with E-state index in [-0.39, 0.29) is 0 Å². The number of aromatic carboxylic acids is 1. The Labute approximate surface area is 142 Å². The van der Waals surface area contributed by atoms with E-state index in [4.69, 9.17) is 15.3 Å². The van der Waals surface area contributed by atoms with Gasteiger partial charge in [0, 0.05) is 5.56 Å². The molecule has 0 unspecified atom stereocenters. The maximum Gasteiger partial charge on any atom is 0.345 e. The van der Waals surface area contributed by atoms with Gasteiger partial charge in [-0.05, 0) is 6.07 Å². The van der Waals surface area contributed by atoms with Crippen molar-refractivity contribution in [2.24, 2.45) is 0 Å². The van der Waals surface area contributed by atoms with Crippen molar-refractivity contribution in [3.63, 3.8) is 0 Å². The third-order valence-corrected chi connectivity index (χ3v) is 3.27. The van der Waals surface area contributed by atoms with Crippen LogP contribution in [0.3, 0.4) is 0 Å². The second kappa shape index (κ2) is 6.46. The second-order valence-electron chi connectivity index (χ2n) is 5.09. The molecule has 8 nitrogen and oxygen atoms in total. The predicted molar refractivity (Wildman–Crippen MR) is 75.5 cm³/mol. The fourth-order valence-corrected chi connectivity index (χ4v) is 2.26. The van der Waals surface area contributed by atoms with E-state index in [1.54, 1.807) is 0 Å². The van der Waals surface area contributed by atoms with Crippen LogP contribution in [-0.4, -0.2) is 42.3 Å². The van der Waals surface area contributed by atoms with Gasteiger partial charge < -0.3 is 25.5 Å². The summed E-state index contributed by atoms with van der Waals surface area (Å²) in [6.07, 6.45) is 0.474. The highest BCUT2D eigenvalue weighted by Gasteiger charge is 2.41. The van der Waals surface area contributed by atoms with E-state index < -0.39 is 57.6 Å². The van der Waals surface area contributed by atoms with Crippen LogP contribution in [0.4, 0.5) is 13.2 Å². The van der Waals surface area contributed by atoms with E-state index >= 15 is 0 Å². The topological polar surface area (TPSA) is 148 Å². The molecular weight excluding hydrogens is 363 g/mol. The maximum absolute atomic E-state index is 13.7. The molecule has 0 amide bonds. The Kier molecular flexibility index (Phi) is 4.84. The molecule has 0 fully saturated rings. The molecule has 0 aliphatic rings. The number of aromatic nitrogens is 1. The molecule has 0 aliphatic carbocycles. The normalized spacial score (nSPS) is 12.1. The third kappa shape index (κ3) is 3.70. The highest BCUT2D eigenvalue weighted by atomic mass is 19.2. The molecular formula is C15H10F3NO7. The molecule has 0 saturated heterocycles. The van der Waals surface area contributed by atoms with Crippen molar-refractivity contribution in [2.75, 3.05) is 0 Å². The van der Waals surface area contributed by atoms with Crippen molar-refractivity contribution in [1.29, 1.82) is 0 Å². The number of pyridine rings is 1. The molecule has 0 saturated carbocycles. The van der Waals surface area contributed by atoms with Crippen LogP contribution in [0, 0.1) is 5.82 Å². The summed E-state index contributed by atoms with van der Waals surface area (Å²) in [7, 11) is 0. The first kappa shape index (κ1) is 19.5. The monoisotopic (exact) mass is 373 g/mol. The van der Waals surface area contributed by atoms with Crippen LogP contribution in [0.5, 0.6) is 0 Å². The Morgan fingerprint density at radius 2 is 1.62 bits per heavy atom.